The second-order valence-corrected chi connectivity index (χ2v) is 6.25. The summed E-state index contributed by atoms with van der Waals surface area (Å²) < 4.78 is 0.777. The van der Waals surface area contributed by atoms with Crippen LogP contribution in [0.5, 0.6) is 0 Å². The molecule has 0 saturated heterocycles. The monoisotopic (exact) mass is 336 g/mol. The van der Waals surface area contributed by atoms with Crippen LogP contribution in [0.1, 0.15) is 5.56 Å². The second-order valence-electron chi connectivity index (χ2n) is 4.44. The highest BCUT2D eigenvalue weighted by molar-refractivity contribution is 7.23. The molecular weight excluding hydrogens is 327 g/mol. The van der Waals surface area contributed by atoms with Gasteiger partial charge in [-0.1, -0.05) is 64.9 Å². The van der Waals surface area contributed by atoms with E-state index in [2.05, 4.69) is 10.3 Å². The van der Waals surface area contributed by atoms with Crippen LogP contribution in [0.3, 0.4) is 0 Å². The highest BCUT2D eigenvalue weighted by Gasteiger charge is 2.12. The Bertz CT molecular complexity index is 763. The van der Waals surface area contributed by atoms with Crippen molar-refractivity contribution < 1.29 is 4.79 Å². The number of halogens is 2. The fourth-order valence-electron chi connectivity index (χ4n) is 1.94. The maximum absolute atomic E-state index is 12.0. The lowest BCUT2D eigenvalue weighted by Gasteiger charge is -2.01. The highest BCUT2D eigenvalue weighted by atomic mass is 35.5. The van der Waals surface area contributed by atoms with Crippen molar-refractivity contribution in [3.63, 3.8) is 0 Å². The molecule has 1 N–H and O–H groups in total. The van der Waals surface area contributed by atoms with Crippen molar-refractivity contribution in [2.75, 3.05) is 5.32 Å². The van der Waals surface area contributed by atoms with Crippen LogP contribution < -0.4 is 5.32 Å². The minimum Gasteiger partial charge on any atom is -0.302 e. The molecule has 1 heterocycles. The van der Waals surface area contributed by atoms with E-state index in [0.29, 0.717) is 27.1 Å². The number of nitrogens with one attached hydrogen (secondary N) is 1. The maximum Gasteiger partial charge on any atom is 0.230 e. The fourth-order valence-corrected chi connectivity index (χ4v) is 3.38. The summed E-state index contributed by atoms with van der Waals surface area (Å²) >= 11 is 13.5. The molecule has 0 bridgehead atoms. The Hall–Kier alpha value is -1.62. The van der Waals surface area contributed by atoms with Gasteiger partial charge in [0.2, 0.25) is 5.91 Å². The predicted octanol–water partition coefficient (Wildman–Crippen LogP) is 4.78. The van der Waals surface area contributed by atoms with Gasteiger partial charge in [-0.2, -0.15) is 0 Å². The van der Waals surface area contributed by atoms with Gasteiger partial charge in [-0.3, -0.25) is 4.79 Å². The number of anilines is 1. The standard InChI is InChI=1S/C15H10Cl2N2OS/c16-10-6-7-11(17)14-13(10)19-15(21-14)18-12(20)8-9-4-2-1-3-5-9/h1-7H,8H2,(H,18,19,20). The molecule has 0 spiro atoms. The van der Waals surface area contributed by atoms with Gasteiger partial charge in [0.25, 0.3) is 0 Å². The summed E-state index contributed by atoms with van der Waals surface area (Å²) in [5, 5.41) is 4.39. The smallest absolute Gasteiger partial charge is 0.230 e. The topological polar surface area (TPSA) is 42.0 Å². The third-order valence-electron chi connectivity index (χ3n) is 2.90. The van der Waals surface area contributed by atoms with Crippen LogP contribution in [-0.2, 0) is 11.2 Å². The molecular formula is C15H10Cl2N2OS. The third-order valence-corrected chi connectivity index (χ3v) is 4.64. The van der Waals surface area contributed by atoms with E-state index in [4.69, 9.17) is 23.2 Å². The minimum atomic E-state index is -0.118. The average Bonchev–Trinajstić information content (AvgIpc) is 2.89. The van der Waals surface area contributed by atoms with Crippen LogP contribution in [0.4, 0.5) is 5.13 Å². The van der Waals surface area contributed by atoms with E-state index < -0.39 is 0 Å². The Labute approximate surface area is 135 Å². The first-order chi connectivity index (χ1) is 10.1. The van der Waals surface area contributed by atoms with E-state index in [1.807, 2.05) is 30.3 Å². The Morgan fingerprint density at radius 2 is 1.81 bits per heavy atom. The van der Waals surface area contributed by atoms with Gasteiger partial charge in [-0.25, -0.2) is 4.98 Å². The quantitative estimate of drug-likeness (QED) is 0.747. The van der Waals surface area contributed by atoms with Crippen LogP contribution in [-0.4, -0.2) is 10.9 Å². The van der Waals surface area contributed by atoms with Gasteiger partial charge in [0.05, 0.1) is 21.2 Å². The number of hydrogen-bond acceptors (Lipinski definition) is 3. The number of amides is 1. The van der Waals surface area contributed by atoms with Gasteiger partial charge in [0.15, 0.2) is 5.13 Å². The Morgan fingerprint density at radius 3 is 2.52 bits per heavy atom. The largest absolute Gasteiger partial charge is 0.302 e. The number of rotatable bonds is 3. The number of carbonyl (C=O) groups is 1. The van der Waals surface area contributed by atoms with Crippen LogP contribution in [0.25, 0.3) is 10.2 Å². The molecule has 1 aromatic heterocycles. The Balaban J connectivity index is 1.80. The molecule has 0 aliphatic heterocycles. The lowest BCUT2D eigenvalue weighted by Crippen LogP contribution is -2.13. The molecule has 0 atom stereocenters. The molecule has 2 aromatic carbocycles. The van der Waals surface area contributed by atoms with E-state index in [1.165, 1.54) is 11.3 Å². The number of carbonyl (C=O) groups excluding carboxylic acids is 1. The van der Waals surface area contributed by atoms with Crippen molar-refractivity contribution in [1.82, 2.24) is 4.98 Å². The minimum absolute atomic E-state index is 0.118. The molecule has 3 rings (SSSR count). The molecule has 106 valence electrons. The fraction of sp³-hybridized carbons (Fsp3) is 0.0667. The van der Waals surface area contributed by atoms with Crippen molar-refractivity contribution in [1.29, 1.82) is 0 Å². The van der Waals surface area contributed by atoms with Crippen molar-refractivity contribution in [2.45, 2.75) is 6.42 Å². The maximum atomic E-state index is 12.0. The number of benzene rings is 2. The van der Waals surface area contributed by atoms with E-state index in [-0.39, 0.29) is 5.91 Å². The summed E-state index contributed by atoms with van der Waals surface area (Å²) in [7, 11) is 0. The Kier molecular flexibility index (Phi) is 4.10. The van der Waals surface area contributed by atoms with Crippen molar-refractivity contribution in [3.8, 4) is 0 Å². The molecule has 1 amide bonds. The summed E-state index contributed by atoms with van der Waals surface area (Å²) in [6, 6.07) is 13.0. The summed E-state index contributed by atoms with van der Waals surface area (Å²) in [6.07, 6.45) is 0.304. The van der Waals surface area contributed by atoms with E-state index >= 15 is 0 Å². The van der Waals surface area contributed by atoms with E-state index in [0.717, 1.165) is 10.3 Å². The molecule has 0 fully saturated rings. The zero-order valence-corrected chi connectivity index (χ0v) is 13.1. The number of aromatic nitrogens is 1. The molecule has 21 heavy (non-hydrogen) atoms. The number of thiazole rings is 1. The van der Waals surface area contributed by atoms with Gasteiger partial charge >= 0.3 is 0 Å². The number of hydrogen-bond donors (Lipinski definition) is 1. The van der Waals surface area contributed by atoms with Crippen molar-refractivity contribution >= 4 is 55.8 Å². The van der Waals surface area contributed by atoms with Crippen LogP contribution in [0, 0.1) is 0 Å². The lowest BCUT2D eigenvalue weighted by molar-refractivity contribution is -0.115. The summed E-state index contributed by atoms with van der Waals surface area (Å²) in [5.74, 6) is -0.118. The van der Waals surface area contributed by atoms with Crippen LogP contribution in [0.2, 0.25) is 10.0 Å². The van der Waals surface area contributed by atoms with Gasteiger partial charge in [-0.15, -0.1) is 0 Å². The number of fused-ring (bicyclic) bond motifs is 1. The lowest BCUT2D eigenvalue weighted by atomic mass is 10.1. The summed E-state index contributed by atoms with van der Waals surface area (Å²) in [5.41, 5.74) is 1.57. The normalized spacial score (nSPS) is 10.8. The molecule has 0 aliphatic rings. The first kappa shape index (κ1) is 14.3. The van der Waals surface area contributed by atoms with Crippen LogP contribution >= 0.6 is 34.5 Å². The summed E-state index contributed by atoms with van der Waals surface area (Å²) in [6.45, 7) is 0. The SMILES string of the molecule is O=C(Cc1ccccc1)Nc1nc2c(Cl)ccc(Cl)c2s1. The van der Waals surface area contributed by atoms with Gasteiger partial charge < -0.3 is 5.32 Å². The molecule has 6 heteroatoms. The molecule has 0 radical (unpaired) electrons. The van der Waals surface area contributed by atoms with Gasteiger partial charge in [-0.05, 0) is 17.7 Å². The third kappa shape index (κ3) is 3.18. The molecule has 0 aliphatic carbocycles. The molecule has 0 unspecified atom stereocenters. The second kappa shape index (κ2) is 6.02. The Morgan fingerprint density at radius 1 is 1.10 bits per heavy atom. The first-order valence-corrected chi connectivity index (χ1v) is 7.79. The number of nitrogens with zero attached hydrogens (tertiary/aromatic N) is 1. The van der Waals surface area contributed by atoms with Crippen molar-refractivity contribution in [3.05, 3.63) is 58.1 Å². The zero-order chi connectivity index (χ0) is 14.8. The highest BCUT2D eigenvalue weighted by Crippen LogP contribution is 2.35. The van der Waals surface area contributed by atoms with Crippen LogP contribution in [0.15, 0.2) is 42.5 Å². The first-order valence-electron chi connectivity index (χ1n) is 6.22. The predicted molar refractivity (Wildman–Crippen MR) is 88.4 cm³/mol. The average molecular weight is 337 g/mol. The van der Waals surface area contributed by atoms with Crippen molar-refractivity contribution in [2.24, 2.45) is 0 Å². The van der Waals surface area contributed by atoms with E-state index in [1.54, 1.807) is 12.1 Å². The van der Waals surface area contributed by atoms with Gasteiger partial charge in [0.1, 0.15) is 5.52 Å². The molecule has 3 nitrogen and oxygen atoms in total. The summed E-state index contributed by atoms with van der Waals surface area (Å²) in [4.78, 5) is 16.3. The zero-order valence-electron chi connectivity index (χ0n) is 10.8. The molecule has 0 saturated carbocycles. The van der Waals surface area contributed by atoms with E-state index in [9.17, 15) is 4.79 Å². The molecule has 3 aromatic rings. The van der Waals surface area contributed by atoms with Gasteiger partial charge in [0, 0.05) is 0 Å².